The molecule has 1 aliphatic rings. The van der Waals surface area contributed by atoms with Gasteiger partial charge in [0.05, 0.1) is 0 Å². The second kappa shape index (κ2) is 6.48. The van der Waals surface area contributed by atoms with Crippen LogP contribution in [0.4, 0.5) is 5.69 Å². The van der Waals surface area contributed by atoms with Crippen molar-refractivity contribution < 1.29 is 9.53 Å². The van der Waals surface area contributed by atoms with Gasteiger partial charge < -0.3 is 9.64 Å². The van der Waals surface area contributed by atoms with Crippen LogP contribution in [0.2, 0.25) is 0 Å². The van der Waals surface area contributed by atoms with Gasteiger partial charge in [-0.2, -0.15) is 0 Å². The third-order valence-electron chi connectivity index (χ3n) is 3.73. The summed E-state index contributed by atoms with van der Waals surface area (Å²) in [5.41, 5.74) is 0.832. The predicted molar refractivity (Wildman–Crippen MR) is 85.5 cm³/mol. The van der Waals surface area contributed by atoms with Crippen molar-refractivity contribution in [1.29, 1.82) is 0 Å². The Morgan fingerprint density at radius 3 is 2.19 bits per heavy atom. The number of hydrogen-bond acceptors (Lipinski definition) is 4. The molecule has 0 N–H and O–H groups in total. The Morgan fingerprint density at radius 2 is 1.67 bits per heavy atom. The van der Waals surface area contributed by atoms with Crippen molar-refractivity contribution in [3.63, 3.8) is 0 Å². The first-order valence-electron chi connectivity index (χ1n) is 7.64. The summed E-state index contributed by atoms with van der Waals surface area (Å²) < 4.78 is 5.47. The molecule has 0 amide bonds. The maximum atomic E-state index is 12.1. The molecule has 1 fully saturated rings. The highest BCUT2D eigenvalue weighted by atomic mass is 16.6. The lowest BCUT2D eigenvalue weighted by Gasteiger charge is -2.38. The molecule has 0 spiro atoms. The minimum atomic E-state index is -0.419. The Hall–Kier alpha value is -1.55. The van der Waals surface area contributed by atoms with E-state index in [0.717, 1.165) is 26.2 Å². The Balaban J connectivity index is 1.87. The largest absolute Gasteiger partial charge is 0.459 e. The zero-order valence-corrected chi connectivity index (χ0v) is 13.5. The van der Waals surface area contributed by atoms with E-state index < -0.39 is 5.60 Å². The molecule has 1 heterocycles. The van der Waals surface area contributed by atoms with Gasteiger partial charge in [-0.1, -0.05) is 18.2 Å². The van der Waals surface area contributed by atoms with E-state index in [2.05, 4.69) is 34.1 Å². The molecule has 1 unspecified atom stereocenters. The lowest BCUT2D eigenvalue weighted by molar-refractivity contribution is -0.160. The van der Waals surface area contributed by atoms with Crippen LogP contribution in [-0.4, -0.2) is 48.7 Å². The van der Waals surface area contributed by atoms with Crippen LogP contribution in [0.25, 0.3) is 0 Å². The first kappa shape index (κ1) is 15.8. The summed E-state index contributed by atoms with van der Waals surface area (Å²) in [6.07, 6.45) is 0. The predicted octanol–water partition coefficient (Wildman–Crippen LogP) is 2.54. The highest BCUT2D eigenvalue weighted by molar-refractivity contribution is 5.75. The van der Waals surface area contributed by atoms with E-state index in [1.165, 1.54) is 5.69 Å². The van der Waals surface area contributed by atoms with E-state index in [9.17, 15) is 4.79 Å². The number of carbonyl (C=O) groups excluding carboxylic acids is 1. The molecular weight excluding hydrogens is 264 g/mol. The molecule has 21 heavy (non-hydrogen) atoms. The minimum Gasteiger partial charge on any atom is -0.459 e. The summed E-state index contributed by atoms with van der Waals surface area (Å²) >= 11 is 0. The van der Waals surface area contributed by atoms with Crippen molar-refractivity contribution in [1.82, 2.24) is 4.90 Å². The van der Waals surface area contributed by atoms with E-state index in [4.69, 9.17) is 4.74 Å². The Kier molecular flexibility index (Phi) is 4.88. The van der Waals surface area contributed by atoms with Crippen molar-refractivity contribution in [2.45, 2.75) is 39.3 Å². The number of ether oxygens (including phenoxy) is 1. The zero-order valence-electron chi connectivity index (χ0n) is 13.5. The normalized spacial score (nSPS) is 18.4. The summed E-state index contributed by atoms with van der Waals surface area (Å²) in [7, 11) is 0. The third kappa shape index (κ3) is 4.46. The second-order valence-electron chi connectivity index (χ2n) is 6.57. The average Bonchev–Trinajstić information content (AvgIpc) is 2.46. The molecule has 2 rings (SSSR count). The van der Waals surface area contributed by atoms with Gasteiger partial charge in [0.15, 0.2) is 0 Å². The minimum absolute atomic E-state index is 0.129. The van der Waals surface area contributed by atoms with Gasteiger partial charge in [-0.25, -0.2) is 0 Å². The van der Waals surface area contributed by atoms with Crippen LogP contribution in [0.15, 0.2) is 30.3 Å². The van der Waals surface area contributed by atoms with Crippen molar-refractivity contribution in [2.24, 2.45) is 0 Å². The van der Waals surface area contributed by atoms with Crippen molar-refractivity contribution in [3.05, 3.63) is 30.3 Å². The monoisotopic (exact) mass is 290 g/mol. The molecule has 1 atom stereocenters. The smallest absolute Gasteiger partial charge is 0.323 e. The number of esters is 1. The van der Waals surface area contributed by atoms with Crippen LogP contribution >= 0.6 is 0 Å². The van der Waals surface area contributed by atoms with Crippen molar-refractivity contribution >= 4 is 11.7 Å². The highest BCUT2D eigenvalue weighted by Gasteiger charge is 2.29. The Labute approximate surface area is 127 Å². The van der Waals surface area contributed by atoms with Gasteiger partial charge in [0.1, 0.15) is 11.6 Å². The number of para-hydroxylation sites is 1. The molecule has 0 radical (unpaired) electrons. The van der Waals surface area contributed by atoms with Gasteiger partial charge in [-0.3, -0.25) is 9.69 Å². The van der Waals surface area contributed by atoms with Crippen LogP contribution < -0.4 is 4.90 Å². The standard InChI is InChI=1S/C17H26N2O2/c1-14(16(20)21-17(2,3)4)18-10-12-19(13-11-18)15-8-6-5-7-9-15/h5-9,14H,10-13H2,1-4H3. The van der Waals surface area contributed by atoms with E-state index in [1.54, 1.807) is 0 Å². The SMILES string of the molecule is CC(C(=O)OC(C)(C)C)N1CCN(c2ccccc2)CC1. The summed E-state index contributed by atoms with van der Waals surface area (Å²) in [4.78, 5) is 16.7. The van der Waals surface area contributed by atoms with Crippen LogP contribution in [-0.2, 0) is 9.53 Å². The first-order valence-corrected chi connectivity index (χ1v) is 7.64. The summed E-state index contributed by atoms with van der Waals surface area (Å²) in [5, 5.41) is 0. The van der Waals surface area contributed by atoms with E-state index in [0.29, 0.717) is 0 Å². The van der Waals surface area contributed by atoms with Gasteiger partial charge in [0.25, 0.3) is 0 Å². The van der Waals surface area contributed by atoms with Gasteiger partial charge in [0, 0.05) is 31.9 Å². The molecule has 0 bridgehead atoms. The number of benzene rings is 1. The lowest BCUT2D eigenvalue weighted by atomic mass is 10.1. The number of rotatable bonds is 3. The molecular formula is C17H26N2O2. The van der Waals surface area contributed by atoms with Gasteiger partial charge >= 0.3 is 5.97 Å². The number of piperazine rings is 1. The zero-order chi connectivity index (χ0) is 15.5. The molecule has 0 aliphatic carbocycles. The summed E-state index contributed by atoms with van der Waals surface area (Å²) in [6.45, 7) is 11.3. The third-order valence-corrected chi connectivity index (χ3v) is 3.73. The molecule has 116 valence electrons. The number of anilines is 1. The van der Waals surface area contributed by atoms with Gasteiger partial charge in [-0.15, -0.1) is 0 Å². The number of carbonyl (C=O) groups is 1. The second-order valence-corrected chi connectivity index (χ2v) is 6.57. The fraction of sp³-hybridized carbons (Fsp3) is 0.588. The highest BCUT2D eigenvalue weighted by Crippen LogP contribution is 2.18. The molecule has 1 aromatic carbocycles. The molecule has 1 aliphatic heterocycles. The lowest BCUT2D eigenvalue weighted by Crippen LogP contribution is -2.52. The van der Waals surface area contributed by atoms with Crippen LogP contribution in [0, 0.1) is 0 Å². The Bertz CT molecular complexity index is 459. The first-order chi connectivity index (χ1) is 9.87. The average molecular weight is 290 g/mol. The van der Waals surface area contributed by atoms with E-state index in [1.807, 2.05) is 33.8 Å². The van der Waals surface area contributed by atoms with Crippen LogP contribution in [0.5, 0.6) is 0 Å². The molecule has 0 saturated carbocycles. The van der Waals surface area contributed by atoms with Crippen LogP contribution in [0.1, 0.15) is 27.7 Å². The number of nitrogens with zero attached hydrogens (tertiary/aromatic N) is 2. The van der Waals surface area contributed by atoms with E-state index >= 15 is 0 Å². The Morgan fingerprint density at radius 1 is 1.10 bits per heavy atom. The molecule has 4 nitrogen and oxygen atoms in total. The van der Waals surface area contributed by atoms with Crippen molar-refractivity contribution in [2.75, 3.05) is 31.1 Å². The maximum Gasteiger partial charge on any atom is 0.323 e. The summed E-state index contributed by atoms with van der Waals surface area (Å²) in [5.74, 6) is -0.129. The molecule has 0 aromatic heterocycles. The molecule has 1 saturated heterocycles. The van der Waals surface area contributed by atoms with Crippen LogP contribution in [0.3, 0.4) is 0 Å². The topological polar surface area (TPSA) is 32.8 Å². The number of hydrogen-bond donors (Lipinski definition) is 0. The summed E-state index contributed by atoms with van der Waals surface area (Å²) in [6, 6.07) is 10.2. The molecule has 1 aromatic rings. The quantitative estimate of drug-likeness (QED) is 0.801. The maximum absolute atomic E-state index is 12.1. The van der Waals surface area contributed by atoms with Gasteiger partial charge in [0.2, 0.25) is 0 Å². The fourth-order valence-corrected chi connectivity index (χ4v) is 2.54. The fourth-order valence-electron chi connectivity index (χ4n) is 2.54. The van der Waals surface area contributed by atoms with E-state index in [-0.39, 0.29) is 12.0 Å². The van der Waals surface area contributed by atoms with Gasteiger partial charge in [-0.05, 0) is 39.8 Å². The van der Waals surface area contributed by atoms with Crippen molar-refractivity contribution in [3.8, 4) is 0 Å². The molecule has 4 heteroatoms.